The van der Waals surface area contributed by atoms with Gasteiger partial charge in [-0.25, -0.2) is 8.78 Å². The van der Waals surface area contributed by atoms with Gasteiger partial charge < -0.3 is 4.57 Å². The Kier molecular flexibility index (Phi) is 2.21. The van der Waals surface area contributed by atoms with E-state index in [2.05, 4.69) is 4.37 Å². The van der Waals surface area contributed by atoms with Crippen LogP contribution in [-0.2, 0) is 0 Å². The van der Waals surface area contributed by atoms with E-state index in [1.807, 2.05) is 0 Å². The summed E-state index contributed by atoms with van der Waals surface area (Å²) in [5.41, 5.74) is -0.677. The number of halogens is 2. The summed E-state index contributed by atoms with van der Waals surface area (Å²) in [6, 6.07) is 2.05. The molecule has 7 heteroatoms. The van der Waals surface area contributed by atoms with Gasteiger partial charge in [-0.3, -0.25) is 14.0 Å². The fourth-order valence-electron chi connectivity index (χ4n) is 2.52. The number of hydrogen-bond acceptors (Lipinski definition) is 3. The topological polar surface area (TPSA) is 54.9 Å². The number of hydrogen-bond donors (Lipinski definition) is 1. The van der Waals surface area contributed by atoms with Gasteiger partial charge in [0.25, 0.3) is 5.56 Å². The van der Waals surface area contributed by atoms with Crippen LogP contribution in [0.5, 0.6) is 0 Å². The lowest BCUT2D eigenvalue weighted by Gasteiger charge is -2.11. The zero-order chi connectivity index (χ0) is 14.0. The second-order valence-corrected chi connectivity index (χ2v) is 5.72. The van der Waals surface area contributed by atoms with Crippen molar-refractivity contribution in [3.8, 4) is 0 Å². The molecule has 1 aliphatic rings. The van der Waals surface area contributed by atoms with Crippen LogP contribution in [0.2, 0.25) is 0 Å². The summed E-state index contributed by atoms with van der Waals surface area (Å²) in [6.07, 6.45) is 1.80. The Bertz CT molecular complexity index is 982. The Morgan fingerprint density at radius 2 is 1.90 bits per heavy atom. The van der Waals surface area contributed by atoms with Crippen LogP contribution in [0.3, 0.4) is 0 Å². The van der Waals surface area contributed by atoms with Gasteiger partial charge in [0.05, 0.1) is 5.52 Å². The van der Waals surface area contributed by atoms with Gasteiger partial charge in [0, 0.05) is 17.5 Å². The first-order valence-corrected chi connectivity index (χ1v) is 6.94. The maximum absolute atomic E-state index is 13.5. The molecule has 4 nitrogen and oxygen atoms in total. The van der Waals surface area contributed by atoms with E-state index in [-0.39, 0.29) is 16.8 Å². The molecule has 0 atom stereocenters. The lowest BCUT2D eigenvalue weighted by Crippen LogP contribution is -2.15. The highest BCUT2D eigenvalue weighted by Gasteiger charge is 2.29. The maximum atomic E-state index is 13.5. The largest absolute Gasteiger partial charge is 0.327 e. The second-order valence-electron chi connectivity index (χ2n) is 4.93. The third kappa shape index (κ3) is 1.44. The fraction of sp³-hybridized carbons (Fsp3) is 0.231. The Morgan fingerprint density at radius 3 is 2.60 bits per heavy atom. The molecule has 1 N–H and O–H groups in total. The van der Waals surface area contributed by atoms with Gasteiger partial charge in [0.15, 0.2) is 11.6 Å². The zero-order valence-corrected chi connectivity index (χ0v) is 10.9. The number of pyridine rings is 1. The van der Waals surface area contributed by atoms with Gasteiger partial charge in [0.2, 0.25) is 5.43 Å². The number of aromatic amines is 1. The van der Waals surface area contributed by atoms with Gasteiger partial charge in [-0.2, -0.15) is 0 Å². The van der Waals surface area contributed by atoms with E-state index < -0.39 is 22.6 Å². The van der Waals surface area contributed by atoms with Gasteiger partial charge >= 0.3 is 0 Å². The first kappa shape index (κ1) is 11.8. The molecule has 4 rings (SSSR count). The van der Waals surface area contributed by atoms with Gasteiger partial charge in [-0.05, 0) is 30.4 Å². The molecule has 1 aromatic carbocycles. The van der Waals surface area contributed by atoms with Crippen molar-refractivity contribution in [2.45, 2.75) is 18.9 Å². The summed E-state index contributed by atoms with van der Waals surface area (Å²) < 4.78 is 31.2. The number of fused-ring (bicyclic) bond motifs is 2. The first-order valence-electron chi connectivity index (χ1n) is 6.12. The molecule has 0 bridgehead atoms. The Morgan fingerprint density at radius 1 is 1.20 bits per heavy atom. The molecule has 1 aliphatic carbocycles. The Hall–Kier alpha value is -2.02. The summed E-state index contributed by atoms with van der Waals surface area (Å²) >= 11 is 1.06. The van der Waals surface area contributed by atoms with Crippen LogP contribution in [0.4, 0.5) is 8.78 Å². The number of benzene rings is 1. The summed E-state index contributed by atoms with van der Waals surface area (Å²) in [6.45, 7) is 0. The SMILES string of the molecule is O=c1[nH]sc2c1c(=O)c1cc(F)c(F)cc1n2C1CC1. The van der Waals surface area contributed by atoms with Crippen LogP contribution in [-0.4, -0.2) is 8.94 Å². The standard InChI is InChI=1S/C13H8F2N2O2S/c14-7-3-6-9(4-8(7)15)17(5-1-2-5)13-10(11(6)18)12(19)16-20-13/h3-5H,1-2H2,(H,16,19). The molecule has 0 saturated heterocycles. The minimum atomic E-state index is -1.08. The molecule has 3 aromatic rings. The van der Waals surface area contributed by atoms with Crippen molar-refractivity contribution < 1.29 is 8.78 Å². The number of nitrogens with one attached hydrogen (secondary N) is 1. The van der Waals surface area contributed by atoms with Crippen molar-refractivity contribution >= 4 is 32.7 Å². The quantitative estimate of drug-likeness (QED) is 0.750. The number of rotatable bonds is 1. The molecule has 0 radical (unpaired) electrons. The van der Waals surface area contributed by atoms with Crippen molar-refractivity contribution in [2.24, 2.45) is 0 Å². The molecular weight excluding hydrogens is 286 g/mol. The smallest absolute Gasteiger partial charge is 0.271 e. The van der Waals surface area contributed by atoms with Crippen LogP contribution >= 0.6 is 11.5 Å². The van der Waals surface area contributed by atoms with E-state index in [4.69, 9.17) is 0 Å². The Labute approximate surface area is 114 Å². The molecule has 1 saturated carbocycles. The lowest BCUT2D eigenvalue weighted by atomic mass is 10.1. The zero-order valence-electron chi connectivity index (χ0n) is 10.1. The van der Waals surface area contributed by atoms with Crippen molar-refractivity contribution in [1.29, 1.82) is 0 Å². The summed E-state index contributed by atoms with van der Waals surface area (Å²) in [7, 11) is 0. The molecule has 0 aliphatic heterocycles. The van der Waals surface area contributed by atoms with Crippen molar-refractivity contribution in [3.63, 3.8) is 0 Å². The maximum Gasteiger partial charge on any atom is 0.271 e. The average molecular weight is 294 g/mol. The van der Waals surface area contributed by atoms with Gasteiger partial charge in [0.1, 0.15) is 10.2 Å². The highest BCUT2D eigenvalue weighted by Crippen LogP contribution is 2.39. The minimum Gasteiger partial charge on any atom is -0.327 e. The minimum absolute atomic E-state index is 0.0282. The molecule has 0 amide bonds. The second kappa shape index (κ2) is 3.76. The monoisotopic (exact) mass is 294 g/mol. The summed E-state index contributed by atoms with van der Waals surface area (Å²) in [5, 5.41) is 0.0765. The van der Waals surface area contributed by atoms with Crippen LogP contribution < -0.4 is 11.0 Å². The van der Waals surface area contributed by atoms with E-state index in [0.29, 0.717) is 10.3 Å². The van der Waals surface area contributed by atoms with Gasteiger partial charge in [-0.1, -0.05) is 0 Å². The fourth-order valence-corrected chi connectivity index (χ4v) is 3.45. The number of H-pyrrole nitrogens is 1. The van der Waals surface area contributed by atoms with E-state index in [9.17, 15) is 18.4 Å². The third-order valence-electron chi connectivity index (χ3n) is 3.58. The number of aromatic nitrogens is 2. The van der Waals surface area contributed by atoms with E-state index in [0.717, 1.165) is 36.5 Å². The molecule has 20 heavy (non-hydrogen) atoms. The third-order valence-corrected chi connectivity index (χ3v) is 4.46. The normalized spacial score (nSPS) is 15.3. The lowest BCUT2D eigenvalue weighted by molar-refractivity contribution is 0.510. The van der Waals surface area contributed by atoms with Crippen molar-refractivity contribution in [3.05, 3.63) is 44.3 Å². The molecule has 2 aromatic heterocycles. The highest BCUT2D eigenvalue weighted by molar-refractivity contribution is 7.12. The average Bonchev–Trinajstić information content (AvgIpc) is 3.16. The predicted molar refractivity (Wildman–Crippen MR) is 72.4 cm³/mol. The van der Waals surface area contributed by atoms with Crippen LogP contribution in [0.15, 0.2) is 21.7 Å². The molecule has 102 valence electrons. The molecular formula is C13H8F2N2O2S. The van der Waals surface area contributed by atoms with E-state index >= 15 is 0 Å². The molecule has 1 fully saturated rings. The molecule has 0 unspecified atom stereocenters. The van der Waals surface area contributed by atoms with E-state index in [1.165, 1.54) is 0 Å². The van der Waals surface area contributed by atoms with Crippen LogP contribution in [0.25, 0.3) is 21.1 Å². The van der Waals surface area contributed by atoms with E-state index in [1.54, 1.807) is 4.57 Å². The van der Waals surface area contributed by atoms with Crippen LogP contribution in [0, 0.1) is 11.6 Å². The van der Waals surface area contributed by atoms with Gasteiger partial charge in [-0.15, -0.1) is 0 Å². The first-order chi connectivity index (χ1) is 9.58. The number of nitrogens with zero attached hydrogens (tertiary/aromatic N) is 1. The summed E-state index contributed by atoms with van der Waals surface area (Å²) in [5.74, 6) is -2.07. The van der Waals surface area contributed by atoms with Crippen molar-refractivity contribution in [1.82, 2.24) is 8.94 Å². The highest BCUT2D eigenvalue weighted by atomic mass is 32.1. The molecule has 0 spiro atoms. The Balaban J connectivity index is 2.34. The van der Waals surface area contributed by atoms with Crippen molar-refractivity contribution in [2.75, 3.05) is 0 Å². The summed E-state index contributed by atoms with van der Waals surface area (Å²) in [4.78, 5) is 24.6. The predicted octanol–water partition coefficient (Wildman–Crippen LogP) is 2.52. The van der Waals surface area contributed by atoms with Crippen LogP contribution in [0.1, 0.15) is 18.9 Å². The molecule has 2 heterocycles.